The van der Waals surface area contributed by atoms with Gasteiger partial charge in [-0.15, -0.1) is 11.8 Å². The van der Waals surface area contributed by atoms with Gasteiger partial charge in [-0.1, -0.05) is 72.3 Å². The van der Waals surface area contributed by atoms with Gasteiger partial charge in [0.15, 0.2) is 6.04 Å². The van der Waals surface area contributed by atoms with Gasteiger partial charge in [-0.2, -0.15) is 0 Å². The van der Waals surface area contributed by atoms with Crippen molar-refractivity contribution in [2.75, 3.05) is 5.75 Å². The first kappa shape index (κ1) is 23.8. The van der Waals surface area contributed by atoms with E-state index in [9.17, 15) is 24.3 Å². The van der Waals surface area contributed by atoms with E-state index >= 15 is 0 Å². The van der Waals surface area contributed by atoms with Crippen LogP contribution in [0.5, 0.6) is 0 Å². The summed E-state index contributed by atoms with van der Waals surface area (Å²) >= 11 is 7.57. The van der Waals surface area contributed by atoms with E-state index in [-0.39, 0.29) is 16.5 Å². The van der Waals surface area contributed by atoms with Crippen LogP contribution in [-0.4, -0.2) is 50.9 Å². The second-order valence-corrected chi connectivity index (χ2v) is 9.25. The van der Waals surface area contributed by atoms with Crippen molar-refractivity contribution in [3.63, 3.8) is 0 Å². The van der Waals surface area contributed by atoms with Crippen molar-refractivity contribution >= 4 is 47.1 Å². The molecule has 0 aromatic heterocycles. The van der Waals surface area contributed by atoms with Crippen LogP contribution in [0.4, 0.5) is 0 Å². The van der Waals surface area contributed by atoms with E-state index in [1.54, 1.807) is 60.7 Å². The first-order chi connectivity index (χ1) is 16.3. The van der Waals surface area contributed by atoms with Gasteiger partial charge < -0.3 is 21.5 Å². The highest BCUT2D eigenvalue weighted by Gasteiger charge is 2.54. The molecule has 4 rings (SSSR count). The molecule has 0 radical (unpaired) electrons. The number of hydrogen-bond donors (Lipinski definition) is 4. The molecule has 5 N–H and O–H groups in total. The van der Waals surface area contributed by atoms with Crippen LogP contribution < -0.4 is 16.4 Å². The van der Waals surface area contributed by atoms with Crippen LogP contribution >= 0.6 is 23.4 Å². The Labute approximate surface area is 204 Å². The number of nitrogens with zero attached hydrogens (tertiary/aromatic N) is 1. The first-order valence-corrected chi connectivity index (χ1v) is 11.7. The van der Waals surface area contributed by atoms with Crippen molar-refractivity contribution in [1.29, 1.82) is 0 Å². The summed E-state index contributed by atoms with van der Waals surface area (Å²) in [7, 11) is 0. The Morgan fingerprint density at radius 3 is 2.24 bits per heavy atom. The van der Waals surface area contributed by atoms with E-state index < -0.39 is 47.2 Å². The number of carbonyl (C=O) groups excluding carboxylic acids is 3. The molecule has 4 atom stereocenters. The summed E-state index contributed by atoms with van der Waals surface area (Å²) in [6.07, 6.45) is 0. The van der Waals surface area contributed by atoms with Gasteiger partial charge >= 0.3 is 5.97 Å². The van der Waals surface area contributed by atoms with Gasteiger partial charge in [0.25, 0.3) is 11.8 Å². The maximum atomic E-state index is 13.0. The molecule has 1 fully saturated rings. The molecule has 0 unspecified atom stereocenters. The average molecular weight is 501 g/mol. The Kier molecular flexibility index (Phi) is 6.92. The van der Waals surface area contributed by atoms with Gasteiger partial charge in [0, 0.05) is 5.75 Å². The maximum absolute atomic E-state index is 13.0. The van der Waals surface area contributed by atoms with E-state index in [0.717, 1.165) is 0 Å². The minimum atomic E-state index is -1.32. The Hall–Kier alpha value is -3.34. The number of thioether (sulfide) groups is 1. The van der Waals surface area contributed by atoms with E-state index in [0.29, 0.717) is 11.1 Å². The normalized spacial score (nSPS) is 21.1. The number of carbonyl (C=O) groups is 4. The molecule has 2 aliphatic rings. The fraction of sp³-hybridized carbons (Fsp3) is 0.217. The van der Waals surface area contributed by atoms with Crippen molar-refractivity contribution in [1.82, 2.24) is 15.5 Å². The van der Waals surface area contributed by atoms with Crippen LogP contribution in [0.15, 0.2) is 71.4 Å². The van der Waals surface area contributed by atoms with E-state index in [1.165, 1.54) is 16.7 Å². The van der Waals surface area contributed by atoms with Crippen molar-refractivity contribution in [2.24, 2.45) is 5.73 Å². The lowest BCUT2D eigenvalue weighted by molar-refractivity contribution is -0.148. The second-order valence-electron chi connectivity index (χ2n) is 7.69. The summed E-state index contributed by atoms with van der Waals surface area (Å²) < 4.78 is 0. The third kappa shape index (κ3) is 4.52. The summed E-state index contributed by atoms with van der Waals surface area (Å²) in [5.41, 5.74) is 6.88. The molecule has 9 nitrogen and oxygen atoms in total. The second kappa shape index (κ2) is 9.88. The first-order valence-electron chi connectivity index (χ1n) is 10.3. The van der Waals surface area contributed by atoms with Crippen LogP contribution in [0.3, 0.4) is 0 Å². The molecule has 176 valence electrons. The molecule has 0 spiro atoms. The van der Waals surface area contributed by atoms with Gasteiger partial charge in [0.05, 0.1) is 5.03 Å². The van der Waals surface area contributed by atoms with Crippen LogP contribution in [0, 0.1) is 0 Å². The number of aliphatic carboxylic acids is 1. The van der Waals surface area contributed by atoms with E-state index in [1.807, 2.05) is 0 Å². The molecular weight excluding hydrogens is 480 g/mol. The topological polar surface area (TPSA) is 142 Å². The Balaban J connectivity index is 1.48. The monoisotopic (exact) mass is 500 g/mol. The van der Waals surface area contributed by atoms with Gasteiger partial charge in [-0.05, 0) is 11.1 Å². The standard InChI is InChI=1S/C23H21ClN4O5S/c24-14-11-34-22-17(27-19(29)15(25)12-7-3-1-4-8-12)21(31)28(22)18(14)20(30)26-16(23(32)33)13-9-5-2-6-10-13/h1-10,15-17,22H,11,25H2,(H,26,30)(H,27,29)(H,32,33)/t15-,16-,17-,22-/m1/s1. The largest absolute Gasteiger partial charge is 0.479 e. The number of carboxylic acid groups (broad SMARTS) is 1. The van der Waals surface area contributed by atoms with Gasteiger partial charge in [0.1, 0.15) is 23.2 Å². The predicted molar refractivity (Wildman–Crippen MR) is 126 cm³/mol. The lowest BCUT2D eigenvalue weighted by Gasteiger charge is -2.49. The Morgan fingerprint density at radius 2 is 1.65 bits per heavy atom. The van der Waals surface area contributed by atoms with Crippen molar-refractivity contribution < 1.29 is 24.3 Å². The number of β-lactam (4-membered cyclic amide) rings is 1. The van der Waals surface area contributed by atoms with Crippen LogP contribution in [0.25, 0.3) is 0 Å². The minimum Gasteiger partial charge on any atom is -0.479 e. The van der Waals surface area contributed by atoms with Crippen molar-refractivity contribution in [3.05, 3.63) is 82.5 Å². The van der Waals surface area contributed by atoms with Crippen LogP contribution in [0.2, 0.25) is 0 Å². The molecule has 1 saturated heterocycles. The fourth-order valence-electron chi connectivity index (χ4n) is 3.78. The van der Waals surface area contributed by atoms with Gasteiger partial charge in [-0.25, -0.2) is 4.79 Å². The molecule has 2 aromatic rings. The summed E-state index contributed by atoms with van der Waals surface area (Å²) in [4.78, 5) is 51.5. The predicted octanol–water partition coefficient (Wildman–Crippen LogP) is 1.48. The number of fused-ring (bicyclic) bond motifs is 1. The zero-order valence-corrected chi connectivity index (χ0v) is 19.3. The van der Waals surface area contributed by atoms with Crippen molar-refractivity contribution in [3.8, 4) is 0 Å². The number of hydrogen-bond acceptors (Lipinski definition) is 6. The average Bonchev–Trinajstić information content (AvgIpc) is 2.85. The highest BCUT2D eigenvalue weighted by atomic mass is 35.5. The highest BCUT2D eigenvalue weighted by molar-refractivity contribution is 8.00. The number of halogens is 1. The number of rotatable bonds is 7. The third-order valence-electron chi connectivity index (χ3n) is 5.53. The zero-order chi connectivity index (χ0) is 24.4. The summed E-state index contributed by atoms with van der Waals surface area (Å²) in [5.74, 6) is -2.87. The molecule has 0 aliphatic carbocycles. The molecular formula is C23H21ClN4O5S. The summed E-state index contributed by atoms with van der Waals surface area (Å²) in [6, 6.07) is 13.8. The van der Waals surface area contributed by atoms with E-state index in [4.69, 9.17) is 17.3 Å². The molecule has 0 bridgehead atoms. The number of nitrogens with one attached hydrogen (secondary N) is 2. The zero-order valence-electron chi connectivity index (χ0n) is 17.7. The van der Waals surface area contributed by atoms with Gasteiger partial charge in [0.2, 0.25) is 5.91 Å². The number of amides is 3. The summed E-state index contributed by atoms with van der Waals surface area (Å²) in [6.45, 7) is 0. The fourth-order valence-corrected chi connectivity index (χ4v) is 5.34. The van der Waals surface area contributed by atoms with Crippen molar-refractivity contribution in [2.45, 2.75) is 23.5 Å². The van der Waals surface area contributed by atoms with Gasteiger partial charge in [-0.3, -0.25) is 19.3 Å². The molecule has 2 aromatic carbocycles. The molecule has 2 aliphatic heterocycles. The molecule has 2 heterocycles. The lowest BCUT2D eigenvalue weighted by Crippen LogP contribution is -2.71. The highest BCUT2D eigenvalue weighted by Crippen LogP contribution is 2.41. The molecule has 0 saturated carbocycles. The van der Waals surface area contributed by atoms with Crippen LogP contribution in [-0.2, 0) is 19.2 Å². The molecule has 34 heavy (non-hydrogen) atoms. The van der Waals surface area contributed by atoms with Crippen LogP contribution in [0.1, 0.15) is 23.2 Å². The molecule has 11 heteroatoms. The minimum absolute atomic E-state index is 0.115. The smallest absolute Gasteiger partial charge is 0.330 e. The third-order valence-corrected chi connectivity index (χ3v) is 7.28. The maximum Gasteiger partial charge on any atom is 0.330 e. The summed E-state index contributed by atoms with van der Waals surface area (Å²) in [5, 5.41) is 14.3. The Bertz CT molecular complexity index is 1160. The Morgan fingerprint density at radius 1 is 1.06 bits per heavy atom. The SMILES string of the molecule is N[C@@H](C(=O)N[C@@H]1C(=O)N2C(C(=O)N[C@@H](C(=O)O)c3ccccc3)=C(Cl)CS[C@H]12)c1ccccc1. The number of carboxylic acids is 1. The van der Waals surface area contributed by atoms with E-state index in [2.05, 4.69) is 10.6 Å². The number of benzene rings is 2. The molecule has 3 amide bonds. The number of nitrogens with two attached hydrogens (primary N) is 1. The lowest BCUT2D eigenvalue weighted by atomic mass is 10.0. The quantitative estimate of drug-likeness (QED) is 0.422.